The predicted molar refractivity (Wildman–Crippen MR) is 114 cm³/mol. The lowest BCUT2D eigenvalue weighted by atomic mass is 10.3. The van der Waals surface area contributed by atoms with Crippen LogP contribution in [0.15, 0.2) is 33.7 Å². The van der Waals surface area contributed by atoms with Crippen molar-refractivity contribution in [2.75, 3.05) is 32.7 Å². The molecule has 7 nitrogen and oxygen atoms in total. The van der Waals surface area contributed by atoms with Crippen LogP contribution in [-0.4, -0.2) is 38.3 Å². The molecule has 0 fully saturated rings. The molecule has 144 valence electrons. The molecular weight excluding hydrogens is 447 g/mol. The lowest BCUT2D eigenvalue weighted by Crippen LogP contribution is -2.30. The van der Waals surface area contributed by atoms with Gasteiger partial charge in [-0.05, 0) is 26.0 Å². The second-order valence-corrected chi connectivity index (χ2v) is 5.52. The Morgan fingerprint density at radius 1 is 1.27 bits per heavy atom. The number of aryl methyl sites for hydroxylation is 2. The summed E-state index contributed by atoms with van der Waals surface area (Å²) in [7, 11) is 3.40. The average molecular weight is 474 g/mol. The molecule has 1 aromatic heterocycles. The van der Waals surface area contributed by atoms with E-state index in [4.69, 9.17) is 13.9 Å². The smallest absolute Gasteiger partial charge is 0.214 e. The molecule has 0 unspecified atom stereocenters. The van der Waals surface area contributed by atoms with Crippen LogP contribution >= 0.6 is 24.0 Å². The van der Waals surface area contributed by atoms with Gasteiger partial charge in [-0.25, -0.2) is 4.98 Å². The first-order valence-corrected chi connectivity index (χ1v) is 8.24. The number of halogens is 1. The van der Waals surface area contributed by atoms with Crippen molar-refractivity contribution in [3.05, 3.63) is 41.6 Å². The fourth-order valence-electron chi connectivity index (χ4n) is 2.15. The Bertz CT molecular complexity index is 684. The first-order chi connectivity index (χ1) is 12.1. The number of nitrogens with one attached hydrogen (secondary N) is 2. The van der Waals surface area contributed by atoms with Gasteiger partial charge in [0.2, 0.25) is 5.89 Å². The lowest BCUT2D eigenvalue weighted by molar-refractivity contribution is 0.172. The fraction of sp³-hybridized carbons (Fsp3) is 0.444. The van der Waals surface area contributed by atoms with Crippen molar-refractivity contribution >= 4 is 35.6 Å². The standard InChI is InChI=1S/C18H26N4O3.HI/c1-13-14(2)25-17(21-13)12-20-18(19-3)22-15-7-5-8-16(11-15)24-10-6-9-23-4;/h5,7-8,11H,6,9-10,12H2,1-4H3,(H2,19,20,22);1H. The molecule has 2 N–H and O–H groups in total. The third-order valence-electron chi connectivity index (χ3n) is 3.56. The van der Waals surface area contributed by atoms with Crippen LogP contribution in [-0.2, 0) is 11.3 Å². The summed E-state index contributed by atoms with van der Waals surface area (Å²) in [5.74, 6) is 2.90. The van der Waals surface area contributed by atoms with Crippen LogP contribution in [0.5, 0.6) is 5.75 Å². The van der Waals surface area contributed by atoms with Gasteiger partial charge in [-0.1, -0.05) is 6.07 Å². The Morgan fingerprint density at radius 3 is 2.73 bits per heavy atom. The summed E-state index contributed by atoms with van der Waals surface area (Å²) in [5, 5.41) is 6.41. The molecule has 0 saturated heterocycles. The number of oxazole rings is 1. The van der Waals surface area contributed by atoms with E-state index in [1.54, 1.807) is 14.2 Å². The number of guanidine groups is 1. The summed E-state index contributed by atoms with van der Waals surface area (Å²) in [6.07, 6.45) is 0.854. The SMILES string of the molecule is CN=C(NCc1nc(C)c(C)o1)Nc1cccc(OCCCOC)c1.I. The van der Waals surface area contributed by atoms with Gasteiger partial charge in [0.05, 0.1) is 18.8 Å². The average Bonchev–Trinajstić information content (AvgIpc) is 2.94. The van der Waals surface area contributed by atoms with Gasteiger partial charge in [-0.2, -0.15) is 0 Å². The zero-order chi connectivity index (χ0) is 18.1. The Labute approximate surface area is 171 Å². The molecule has 0 atom stereocenters. The van der Waals surface area contributed by atoms with Gasteiger partial charge in [-0.15, -0.1) is 24.0 Å². The molecule has 2 aromatic rings. The highest BCUT2D eigenvalue weighted by Crippen LogP contribution is 2.17. The molecule has 0 bridgehead atoms. The van der Waals surface area contributed by atoms with Crippen LogP contribution in [0.4, 0.5) is 5.69 Å². The van der Waals surface area contributed by atoms with E-state index in [2.05, 4.69) is 20.6 Å². The van der Waals surface area contributed by atoms with E-state index in [-0.39, 0.29) is 24.0 Å². The van der Waals surface area contributed by atoms with Crippen molar-refractivity contribution in [3.63, 3.8) is 0 Å². The molecule has 1 aromatic carbocycles. The van der Waals surface area contributed by atoms with Gasteiger partial charge >= 0.3 is 0 Å². The van der Waals surface area contributed by atoms with Gasteiger partial charge in [0, 0.05) is 38.9 Å². The molecule has 0 aliphatic rings. The molecule has 26 heavy (non-hydrogen) atoms. The molecule has 1 heterocycles. The Hall–Kier alpha value is -1.81. The number of ether oxygens (including phenoxy) is 2. The maximum absolute atomic E-state index is 5.70. The molecule has 8 heteroatoms. The quantitative estimate of drug-likeness (QED) is 0.264. The van der Waals surface area contributed by atoms with Gasteiger partial charge in [-0.3, -0.25) is 4.99 Å². The third-order valence-corrected chi connectivity index (χ3v) is 3.56. The number of aliphatic imine (C=N–C) groups is 1. The molecule has 0 amide bonds. The zero-order valence-electron chi connectivity index (χ0n) is 15.7. The highest BCUT2D eigenvalue weighted by molar-refractivity contribution is 14.0. The number of hydrogen-bond donors (Lipinski definition) is 2. The topological polar surface area (TPSA) is 80.9 Å². The second kappa shape index (κ2) is 11.7. The number of hydrogen-bond acceptors (Lipinski definition) is 5. The van der Waals surface area contributed by atoms with E-state index >= 15 is 0 Å². The number of rotatable bonds is 8. The maximum Gasteiger partial charge on any atom is 0.214 e. The van der Waals surface area contributed by atoms with Crippen molar-refractivity contribution in [2.24, 2.45) is 4.99 Å². The highest BCUT2D eigenvalue weighted by atomic mass is 127. The van der Waals surface area contributed by atoms with Gasteiger partial charge in [0.1, 0.15) is 11.5 Å². The summed E-state index contributed by atoms with van der Waals surface area (Å²) in [6, 6.07) is 7.74. The second-order valence-electron chi connectivity index (χ2n) is 5.52. The highest BCUT2D eigenvalue weighted by Gasteiger charge is 2.07. The molecule has 2 rings (SSSR count). The van der Waals surface area contributed by atoms with Gasteiger partial charge in [0.25, 0.3) is 0 Å². The Morgan fingerprint density at radius 2 is 2.08 bits per heavy atom. The first kappa shape index (κ1) is 22.2. The van der Waals surface area contributed by atoms with E-state index in [9.17, 15) is 0 Å². The van der Waals surface area contributed by atoms with Crippen molar-refractivity contribution in [3.8, 4) is 5.75 Å². The minimum Gasteiger partial charge on any atom is -0.493 e. The van der Waals surface area contributed by atoms with E-state index in [1.807, 2.05) is 38.1 Å². The molecular formula is C18H27IN4O3. The van der Waals surface area contributed by atoms with Crippen LogP contribution in [0.3, 0.4) is 0 Å². The lowest BCUT2D eigenvalue weighted by Gasteiger charge is -2.12. The van der Waals surface area contributed by atoms with E-state index < -0.39 is 0 Å². The summed E-state index contributed by atoms with van der Waals surface area (Å²) in [5.41, 5.74) is 1.79. The largest absolute Gasteiger partial charge is 0.493 e. The van der Waals surface area contributed by atoms with Crippen molar-refractivity contribution < 1.29 is 13.9 Å². The molecule has 0 aliphatic heterocycles. The minimum atomic E-state index is 0. The number of aromatic nitrogens is 1. The van der Waals surface area contributed by atoms with E-state index in [0.717, 1.165) is 29.3 Å². The summed E-state index contributed by atoms with van der Waals surface area (Å²) >= 11 is 0. The third kappa shape index (κ3) is 7.20. The van der Waals surface area contributed by atoms with Crippen molar-refractivity contribution in [2.45, 2.75) is 26.8 Å². The molecule has 0 spiro atoms. The minimum absolute atomic E-state index is 0. The zero-order valence-corrected chi connectivity index (χ0v) is 18.0. The monoisotopic (exact) mass is 474 g/mol. The Kier molecular flexibility index (Phi) is 10.0. The summed E-state index contributed by atoms with van der Waals surface area (Å²) in [6.45, 7) is 5.59. The van der Waals surface area contributed by atoms with Crippen molar-refractivity contribution in [1.29, 1.82) is 0 Å². The summed E-state index contributed by atoms with van der Waals surface area (Å²) in [4.78, 5) is 8.56. The summed E-state index contributed by atoms with van der Waals surface area (Å²) < 4.78 is 16.3. The molecule has 0 saturated carbocycles. The van der Waals surface area contributed by atoms with E-state index in [1.165, 1.54) is 0 Å². The number of anilines is 1. The Balaban J connectivity index is 0.00000338. The van der Waals surface area contributed by atoms with Gasteiger partial charge in [0.15, 0.2) is 5.96 Å². The van der Waals surface area contributed by atoms with Gasteiger partial charge < -0.3 is 24.5 Å². The number of benzene rings is 1. The molecule has 0 aliphatic carbocycles. The van der Waals surface area contributed by atoms with Crippen LogP contribution < -0.4 is 15.4 Å². The van der Waals surface area contributed by atoms with Crippen LogP contribution in [0, 0.1) is 13.8 Å². The number of methoxy groups -OCH3 is 1. The normalized spacial score (nSPS) is 11.0. The van der Waals surface area contributed by atoms with E-state index in [0.29, 0.717) is 31.6 Å². The number of nitrogens with zero attached hydrogens (tertiary/aromatic N) is 2. The molecule has 0 radical (unpaired) electrons. The predicted octanol–water partition coefficient (Wildman–Crippen LogP) is 3.51. The van der Waals surface area contributed by atoms with Crippen molar-refractivity contribution in [1.82, 2.24) is 10.3 Å². The van der Waals surface area contributed by atoms with Crippen LogP contribution in [0.2, 0.25) is 0 Å². The first-order valence-electron chi connectivity index (χ1n) is 8.24. The van der Waals surface area contributed by atoms with Crippen LogP contribution in [0.1, 0.15) is 23.8 Å². The fourth-order valence-corrected chi connectivity index (χ4v) is 2.15. The maximum atomic E-state index is 5.70. The van der Waals surface area contributed by atoms with Crippen LogP contribution in [0.25, 0.3) is 0 Å².